The lowest BCUT2D eigenvalue weighted by Crippen LogP contribution is -2.30. The molecule has 0 amide bonds. The van der Waals surface area contributed by atoms with E-state index < -0.39 is 27.9 Å². The fraction of sp³-hybridized carbons (Fsp3) is 0.400. The average molecular weight is 392 g/mol. The molecule has 2 aromatic heterocycles. The number of aryl methyl sites for hydroxylation is 1. The Labute approximate surface area is 147 Å². The Hall–Kier alpha value is -1.65. The van der Waals surface area contributed by atoms with Gasteiger partial charge in [-0.2, -0.15) is 17.5 Å². The minimum atomic E-state index is -4.48. The molecular weight excluding hydrogens is 377 g/mol. The molecular formula is C15H15F3N2O3S2. The van der Waals surface area contributed by atoms with E-state index in [1.807, 2.05) is 6.92 Å². The molecule has 1 saturated heterocycles. The maximum atomic E-state index is 12.7. The molecule has 0 aromatic carbocycles. The van der Waals surface area contributed by atoms with E-state index in [-0.39, 0.29) is 23.2 Å². The minimum absolute atomic E-state index is 0.0806. The molecule has 2 aromatic rings. The molecule has 5 nitrogen and oxygen atoms in total. The Morgan fingerprint density at radius 1 is 1.32 bits per heavy atom. The van der Waals surface area contributed by atoms with Gasteiger partial charge in [0.2, 0.25) is 5.88 Å². The van der Waals surface area contributed by atoms with Crippen LogP contribution in [0.1, 0.15) is 16.9 Å². The molecule has 1 aliphatic heterocycles. The number of nitrogens with zero attached hydrogens (tertiary/aromatic N) is 2. The summed E-state index contributed by atoms with van der Waals surface area (Å²) in [6, 6.07) is 4.96. The number of rotatable bonds is 4. The molecule has 0 aliphatic carbocycles. The van der Waals surface area contributed by atoms with Gasteiger partial charge < -0.3 is 4.74 Å². The summed E-state index contributed by atoms with van der Waals surface area (Å²) < 4.78 is 70.3. The predicted molar refractivity (Wildman–Crippen MR) is 86.1 cm³/mol. The number of ether oxygens (including phenoxy) is 1. The maximum absolute atomic E-state index is 12.7. The summed E-state index contributed by atoms with van der Waals surface area (Å²) >= 11 is 1.18. The predicted octanol–water partition coefficient (Wildman–Crippen LogP) is 3.31. The van der Waals surface area contributed by atoms with Crippen LogP contribution in [0.2, 0.25) is 0 Å². The van der Waals surface area contributed by atoms with Crippen molar-refractivity contribution in [3.05, 3.63) is 40.9 Å². The van der Waals surface area contributed by atoms with Gasteiger partial charge in [-0.05, 0) is 31.5 Å². The molecule has 3 heterocycles. The number of sulfonamides is 1. The number of aromatic nitrogens is 1. The first-order valence-corrected chi connectivity index (χ1v) is 9.68. The van der Waals surface area contributed by atoms with E-state index in [9.17, 15) is 21.6 Å². The smallest absolute Gasteiger partial charge is 0.416 e. The van der Waals surface area contributed by atoms with E-state index in [1.54, 1.807) is 12.1 Å². The van der Waals surface area contributed by atoms with E-state index >= 15 is 0 Å². The van der Waals surface area contributed by atoms with Gasteiger partial charge in [0.25, 0.3) is 10.0 Å². The second-order valence-corrected chi connectivity index (χ2v) is 9.09. The molecule has 0 radical (unpaired) electrons. The van der Waals surface area contributed by atoms with Crippen molar-refractivity contribution in [2.45, 2.75) is 29.8 Å². The highest BCUT2D eigenvalue weighted by molar-refractivity contribution is 7.91. The van der Waals surface area contributed by atoms with Crippen LogP contribution in [-0.4, -0.2) is 36.9 Å². The Morgan fingerprint density at radius 3 is 2.72 bits per heavy atom. The Bertz CT molecular complexity index is 865. The maximum Gasteiger partial charge on any atom is 0.416 e. The molecule has 0 spiro atoms. The normalized spacial score (nSPS) is 19.3. The van der Waals surface area contributed by atoms with Gasteiger partial charge in [0.15, 0.2) is 0 Å². The van der Waals surface area contributed by atoms with Crippen LogP contribution in [0.4, 0.5) is 13.2 Å². The summed E-state index contributed by atoms with van der Waals surface area (Å²) in [5.74, 6) is -0.161. The largest absolute Gasteiger partial charge is 0.473 e. The van der Waals surface area contributed by atoms with Crippen LogP contribution < -0.4 is 4.74 Å². The summed E-state index contributed by atoms with van der Waals surface area (Å²) in [5, 5.41) is 0. The zero-order valence-electron chi connectivity index (χ0n) is 13.2. The third kappa shape index (κ3) is 3.96. The summed E-state index contributed by atoms with van der Waals surface area (Å²) in [4.78, 5) is 4.66. The monoisotopic (exact) mass is 392 g/mol. The third-order valence-corrected chi connectivity index (χ3v) is 7.10. The lowest BCUT2D eigenvalue weighted by Gasteiger charge is -2.16. The number of hydrogen-bond acceptors (Lipinski definition) is 5. The van der Waals surface area contributed by atoms with Crippen molar-refractivity contribution >= 4 is 21.4 Å². The van der Waals surface area contributed by atoms with E-state index in [1.165, 1.54) is 15.6 Å². The van der Waals surface area contributed by atoms with Gasteiger partial charge in [0.05, 0.1) is 12.1 Å². The van der Waals surface area contributed by atoms with Crippen molar-refractivity contribution in [1.29, 1.82) is 0 Å². The Kier molecular flexibility index (Phi) is 4.78. The van der Waals surface area contributed by atoms with E-state index in [0.717, 1.165) is 23.2 Å². The van der Waals surface area contributed by atoms with Crippen LogP contribution in [-0.2, 0) is 16.2 Å². The van der Waals surface area contributed by atoms with Crippen LogP contribution in [0, 0.1) is 6.92 Å². The van der Waals surface area contributed by atoms with Crippen LogP contribution in [0.5, 0.6) is 5.88 Å². The first kappa shape index (κ1) is 18.2. The van der Waals surface area contributed by atoms with Gasteiger partial charge in [-0.3, -0.25) is 0 Å². The van der Waals surface area contributed by atoms with Crippen molar-refractivity contribution in [3.63, 3.8) is 0 Å². The fourth-order valence-corrected chi connectivity index (χ4v) is 5.44. The van der Waals surface area contributed by atoms with Crippen LogP contribution >= 0.6 is 11.3 Å². The Morgan fingerprint density at radius 2 is 2.08 bits per heavy atom. The lowest BCUT2D eigenvalue weighted by atomic mass is 10.2. The molecule has 0 bridgehead atoms. The number of halogens is 3. The van der Waals surface area contributed by atoms with Gasteiger partial charge in [-0.1, -0.05) is 0 Å². The standard InChI is InChI=1S/C15H15F3N2O3S2/c1-10-2-3-14(24-10)25(21,22)20-7-5-12(9-20)23-13-8-11(4-6-19-13)15(16,17)18/h2-4,6,8,12H,5,7,9H2,1H3/t12-/m1/s1. The second kappa shape index (κ2) is 6.58. The molecule has 0 saturated carbocycles. The first-order valence-electron chi connectivity index (χ1n) is 7.43. The summed E-state index contributed by atoms with van der Waals surface area (Å²) in [5.41, 5.74) is -0.853. The van der Waals surface area contributed by atoms with Crippen molar-refractivity contribution < 1.29 is 26.3 Å². The zero-order chi connectivity index (χ0) is 18.2. The molecule has 136 valence electrons. The molecule has 1 fully saturated rings. The summed E-state index contributed by atoms with van der Waals surface area (Å²) in [7, 11) is -3.60. The number of alkyl halides is 3. The van der Waals surface area contributed by atoms with Crippen molar-refractivity contribution in [1.82, 2.24) is 9.29 Å². The topological polar surface area (TPSA) is 59.5 Å². The molecule has 10 heteroatoms. The molecule has 1 aliphatic rings. The van der Waals surface area contributed by atoms with Crippen molar-refractivity contribution in [2.24, 2.45) is 0 Å². The third-order valence-electron chi connectivity index (χ3n) is 3.77. The van der Waals surface area contributed by atoms with Gasteiger partial charge in [0, 0.05) is 23.7 Å². The second-order valence-electron chi connectivity index (χ2n) is 5.64. The van der Waals surface area contributed by atoms with Crippen LogP contribution in [0.15, 0.2) is 34.7 Å². The number of pyridine rings is 1. The molecule has 1 atom stereocenters. The summed E-state index contributed by atoms with van der Waals surface area (Å²) in [6.07, 6.45) is -3.60. The highest BCUT2D eigenvalue weighted by Crippen LogP contribution is 2.32. The molecule has 0 N–H and O–H groups in total. The first-order chi connectivity index (χ1) is 11.7. The highest BCUT2D eigenvalue weighted by Gasteiger charge is 2.35. The fourth-order valence-electron chi connectivity index (χ4n) is 2.51. The Balaban J connectivity index is 1.70. The highest BCUT2D eigenvalue weighted by atomic mass is 32.2. The van der Waals surface area contributed by atoms with Crippen LogP contribution in [0.3, 0.4) is 0 Å². The van der Waals surface area contributed by atoms with Gasteiger partial charge >= 0.3 is 6.18 Å². The van der Waals surface area contributed by atoms with Crippen LogP contribution in [0.25, 0.3) is 0 Å². The van der Waals surface area contributed by atoms with E-state index in [0.29, 0.717) is 6.42 Å². The van der Waals surface area contributed by atoms with Gasteiger partial charge in [-0.25, -0.2) is 13.4 Å². The van der Waals surface area contributed by atoms with Gasteiger partial charge in [0.1, 0.15) is 10.3 Å². The number of thiophene rings is 1. The SMILES string of the molecule is Cc1ccc(S(=O)(=O)N2CC[C@@H](Oc3cc(C(F)(F)F)ccn3)C2)s1. The van der Waals surface area contributed by atoms with E-state index in [2.05, 4.69) is 4.98 Å². The van der Waals surface area contributed by atoms with Crippen molar-refractivity contribution in [2.75, 3.05) is 13.1 Å². The average Bonchev–Trinajstić information content (AvgIpc) is 3.16. The molecule has 0 unspecified atom stereocenters. The zero-order valence-corrected chi connectivity index (χ0v) is 14.8. The quantitative estimate of drug-likeness (QED) is 0.801. The molecule has 3 rings (SSSR count). The summed E-state index contributed by atoms with van der Waals surface area (Å²) in [6.45, 7) is 2.15. The van der Waals surface area contributed by atoms with Crippen molar-refractivity contribution in [3.8, 4) is 5.88 Å². The van der Waals surface area contributed by atoms with E-state index in [4.69, 9.17) is 4.74 Å². The van der Waals surface area contributed by atoms with Gasteiger partial charge in [-0.15, -0.1) is 11.3 Å². The lowest BCUT2D eigenvalue weighted by molar-refractivity contribution is -0.137. The molecule has 25 heavy (non-hydrogen) atoms. The number of hydrogen-bond donors (Lipinski definition) is 0. The minimum Gasteiger partial charge on any atom is -0.473 e.